The largest absolute Gasteiger partial charge is 0.478 e. The van der Waals surface area contributed by atoms with Crippen molar-refractivity contribution >= 4 is 45.4 Å². The lowest BCUT2D eigenvalue weighted by atomic mass is 9.90. The molecule has 8 nitrogen and oxygen atoms in total. The van der Waals surface area contributed by atoms with Crippen LogP contribution >= 0.6 is 0 Å². The van der Waals surface area contributed by atoms with Crippen LogP contribution in [0.25, 0.3) is 21.5 Å². The van der Waals surface area contributed by atoms with Gasteiger partial charge in [0.15, 0.2) is 0 Å². The van der Waals surface area contributed by atoms with Gasteiger partial charge >= 0.3 is 23.9 Å². The number of carbonyl (C=O) groups excluding carboxylic acids is 2. The predicted octanol–water partition coefficient (Wildman–Crippen LogP) is 5.61. The number of rotatable bonds is 8. The van der Waals surface area contributed by atoms with E-state index >= 15 is 0 Å². The SMILES string of the molecule is CCC(=O)Oc1c(C(=O)O)cc2ccccc2c1Cc1c(OC(=O)CC)c(C(=O)O)cc2ccccc12. The van der Waals surface area contributed by atoms with E-state index in [0.29, 0.717) is 32.7 Å². The molecule has 0 aliphatic carbocycles. The van der Waals surface area contributed by atoms with Gasteiger partial charge in [-0.2, -0.15) is 0 Å². The van der Waals surface area contributed by atoms with Crippen LogP contribution in [0.2, 0.25) is 0 Å². The van der Waals surface area contributed by atoms with Crippen molar-refractivity contribution in [1.82, 2.24) is 0 Å². The number of carbonyl (C=O) groups is 4. The van der Waals surface area contributed by atoms with Crippen LogP contribution in [0, 0.1) is 0 Å². The van der Waals surface area contributed by atoms with E-state index in [2.05, 4.69) is 0 Å². The molecule has 0 radical (unpaired) electrons. The van der Waals surface area contributed by atoms with E-state index in [9.17, 15) is 29.4 Å². The summed E-state index contributed by atoms with van der Waals surface area (Å²) < 4.78 is 11.1. The van der Waals surface area contributed by atoms with Crippen LogP contribution in [-0.4, -0.2) is 34.1 Å². The topological polar surface area (TPSA) is 127 Å². The summed E-state index contributed by atoms with van der Waals surface area (Å²) in [5.74, 6) is -4.08. The first kappa shape index (κ1) is 25.4. The average molecular weight is 501 g/mol. The molecule has 0 atom stereocenters. The lowest BCUT2D eigenvalue weighted by Crippen LogP contribution is -2.15. The maximum absolute atomic E-state index is 12.3. The standard InChI is InChI=1S/C29H24O8/c1-3-24(30)36-26-20(18-11-7-5-9-16(18)13-22(26)28(32)33)15-21-19-12-8-6-10-17(19)14-23(29(34)35)27(21)37-25(31)4-2/h5-14H,3-4,15H2,1-2H3,(H,32,33)(H,34,35). The molecule has 0 aliphatic rings. The van der Waals surface area contributed by atoms with Gasteiger partial charge in [-0.05, 0) is 33.7 Å². The summed E-state index contributed by atoms with van der Waals surface area (Å²) in [4.78, 5) is 49.1. The van der Waals surface area contributed by atoms with E-state index in [-0.39, 0.29) is 41.9 Å². The van der Waals surface area contributed by atoms with Crippen LogP contribution < -0.4 is 9.47 Å². The van der Waals surface area contributed by atoms with Crippen LogP contribution in [0.5, 0.6) is 11.5 Å². The van der Waals surface area contributed by atoms with E-state index in [4.69, 9.17) is 9.47 Å². The number of hydrogen-bond acceptors (Lipinski definition) is 6. The van der Waals surface area contributed by atoms with Gasteiger partial charge in [-0.25, -0.2) is 9.59 Å². The van der Waals surface area contributed by atoms with E-state index < -0.39 is 23.9 Å². The summed E-state index contributed by atoms with van der Waals surface area (Å²) >= 11 is 0. The van der Waals surface area contributed by atoms with Gasteiger partial charge in [-0.3, -0.25) is 9.59 Å². The van der Waals surface area contributed by atoms with Crippen molar-refractivity contribution in [3.05, 3.63) is 82.9 Å². The molecule has 0 aliphatic heterocycles. The normalized spacial score (nSPS) is 10.9. The molecule has 0 fully saturated rings. The van der Waals surface area contributed by atoms with Gasteiger partial charge in [0, 0.05) is 30.4 Å². The summed E-state index contributed by atoms with van der Waals surface area (Å²) in [6.07, 6.45) is -0.0356. The molecular weight excluding hydrogens is 476 g/mol. The number of benzene rings is 4. The van der Waals surface area contributed by atoms with Gasteiger partial charge in [0.25, 0.3) is 0 Å². The molecule has 0 saturated carbocycles. The first-order valence-corrected chi connectivity index (χ1v) is 11.7. The molecule has 0 heterocycles. The number of carboxylic acids is 2. The summed E-state index contributed by atoms with van der Waals surface area (Å²) in [5.41, 5.74) is 0.306. The highest BCUT2D eigenvalue weighted by Gasteiger charge is 2.26. The summed E-state index contributed by atoms with van der Waals surface area (Å²) in [7, 11) is 0. The van der Waals surface area contributed by atoms with Crippen LogP contribution in [0.15, 0.2) is 60.7 Å². The van der Waals surface area contributed by atoms with Crippen molar-refractivity contribution in [1.29, 1.82) is 0 Å². The Hall–Kier alpha value is -4.72. The van der Waals surface area contributed by atoms with Crippen molar-refractivity contribution in [2.45, 2.75) is 33.1 Å². The lowest BCUT2D eigenvalue weighted by Gasteiger charge is -2.20. The summed E-state index contributed by atoms with van der Waals surface area (Å²) in [6, 6.07) is 16.9. The Morgan fingerprint density at radius 3 is 1.38 bits per heavy atom. The fraction of sp³-hybridized carbons (Fsp3) is 0.172. The van der Waals surface area contributed by atoms with Gasteiger partial charge in [0.05, 0.1) is 0 Å². The maximum Gasteiger partial charge on any atom is 0.339 e. The molecule has 8 heteroatoms. The molecule has 4 aromatic rings. The molecule has 0 unspecified atom stereocenters. The second-order valence-corrected chi connectivity index (χ2v) is 8.35. The monoisotopic (exact) mass is 500 g/mol. The number of fused-ring (bicyclic) bond motifs is 2. The predicted molar refractivity (Wildman–Crippen MR) is 136 cm³/mol. The number of esters is 2. The number of hydrogen-bond donors (Lipinski definition) is 2. The highest BCUT2D eigenvalue weighted by atomic mass is 16.5. The summed E-state index contributed by atoms with van der Waals surface area (Å²) in [5, 5.41) is 22.3. The fourth-order valence-corrected chi connectivity index (χ4v) is 4.26. The first-order chi connectivity index (χ1) is 17.7. The Kier molecular flexibility index (Phi) is 7.20. The van der Waals surface area contributed by atoms with E-state index in [1.807, 2.05) is 0 Å². The quantitative estimate of drug-likeness (QED) is 0.236. The Balaban J connectivity index is 2.10. The van der Waals surface area contributed by atoms with Crippen molar-refractivity contribution in [3.63, 3.8) is 0 Å². The van der Waals surface area contributed by atoms with E-state index in [0.717, 1.165) is 0 Å². The zero-order chi connectivity index (χ0) is 26.7. The Bertz CT molecular complexity index is 1450. The zero-order valence-corrected chi connectivity index (χ0v) is 20.2. The van der Waals surface area contributed by atoms with Crippen LogP contribution in [-0.2, 0) is 16.0 Å². The van der Waals surface area contributed by atoms with Crippen LogP contribution in [0.4, 0.5) is 0 Å². The minimum atomic E-state index is -1.28. The third-order valence-corrected chi connectivity index (χ3v) is 6.03. The number of aromatic carboxylic acids is 2. The highest BCUT2D eigenvalue weighted by Crippen LogP contribution is 2.40. The average Bonchev–Trinajstić information content (AvgIpc) is 2.89. The van der Waals surface area contributed by atoms with Crippen LogP contribution in [0.1, 0.15) is 58.5 Å². The minimum absolute atomic E-state index is 0.0160. The van der Waals surface area contributed by atoms with Crippen LogP contribution in [0.3, 0.4) is 0 Å². The molecule has 188 valence electrons. The molecule has 0 spiro atoms. The smallest absolute Gasteiger partial charge is 0.339 e. The van der Waals surface area contributed by atoms with Gasteiger partial charge in [0.1, 0.15) is 22.6 Å². The fourth-order valence-electron chi connectivity index (χ4n) is 4.26. The number of ether oxygens (including phenoxy) is 2. The van der Waals surface area contributed by atoms with E-state index in [1.165, 1.54) is 12.1 Å². The molecular formula is C29H24O8. The summed E-state index contributed by atoms with van der Waals surface area (Å²) in [6.45, 7) is 3.19. The molecule has 2 N–H and O–H groups in total. The molecule has 4 aromatic carbocycles. The van der Waals surface area contributed by atoms with Crippen molar-refractivity contribution in [2.75, 3.05) is 0 Å². The Morgan fingerprint density at radius 2 is 1.03 bits per heavy atom. The molecule has 4 rings (SSSR count). The zero-order valence-electron chi connectivity index (χ0n) is 20.2. The van der Waals surface area contributed by atoms with Gasteiger partial charge < -0.3 is 19.7 Å². The van der Waals surface area contributed by atoms with E-state index in [1.54, 1.807) is 62.4 Å². The highest BCUT2D eigenvalue weighted by molar-refractivity contribution is 6.03. The first-order valence-electron chi connectivity index (χ1n) is 11.7. The lowest BCUT2D eigenvalue weighted by molar-refractivity contribution is -0.134. The Labute approximate surface area is 212 Å². The van der Waals surface area contributed by atoms with Crippen molar-refractivity contribution < 1.29 is 38.9 Å². The van der Waals surface area contributed by atoms with Gasteiger partial charge in [-0.15, -0.1) is 0 Å². The third kappa shape index (κ3) is 4.99. The minimum Gasteiger partial charge on any atom is -0.478 e. The number of carboxylic acid groups (broad SMARTS) is 2. The third-order valence-electron chi connectivity index (χ3n) is 6.03. The van der Waals surface area contributed by atoms with Crippen molar-refractivity contribution in [3.8, 4) is 11.5 Å². The molecule has 0 aromatic heterocycles. The second kappa shape index (κ2) is 10.5. The molecule has 0 saturated heterocycles. The molecule has 0 amide bonds. The van der Waals surface area contributed by atoms with Crippen molar-refractivity contribution in [2.24, 2.45) is 0 Å². The maximum atomic E-state index is 12.3. The van der Waals surface area contributed by atoms with Gasteiger partial charge in [0.2, 0.25) is 0 Å². The Morgan fingerprint density at radius 1 is 0.649 bits per heavy atom. The van der Waals surface area contributed by atoms with Gasteiger partial charge in [-0.1, -0.05) is 62.4 Å². The molecule has 37 heavy (non-hydrogen) atoms. The molecule has 0 bridgehead atoms. The second-order valence-electron chi connectivity index (χ2n) is 8.35.